The first-order chi connectivity index (χ1) is 22.4. The van der Waals surface area contributed by atoms with Gasteiger partial charge in [0, 0.05) is 61.5 Å². The van der Waals surface area contributed by atoms with Crippen molar-refractivity contribution < 1.29 is 40.9 Å². The zero-order valence-corrected chi connectivity index (χ0v) is 28.8. The number of rotatable bonds is 6. The quantitative estimate of drug-likeness (QED) is 0.220. The fourth-order valence-electron chi connectivity index (χ4n) is 5.36. The molecule has 0 amide bonds. The SMILES string of the molecule is CC(=O)c1ccc2c(c1)ncn2-c1cccc(-n2ccnc2)c1.CC(O)c1ccc2c(c1)ncn2-c1cccc(-n2ccnc2)c1.[B].[H-].[Na+]. The largest absolute Gasteiger partial charge is 1.00 e. The van der Waals surface area contributed by atoms with E-state index < -0.39 is 6.10 Å². The van der Waals surface area contributed by atoms with E-state index in [1.807, 2.05) is 110 Å². The molecule has 12 heteroatoms. The number of ketones is 1. The molecule has 4 aromatic carbocycles. The van der Waals surface area contributed by atoms with Crippen molar-refractivity contribution >= 4 is 36.3 Å². The summed E-state index contributed by atoms with van der Waals surface area (Å²) in [7, 11) is 0. The van der Waals surface area contributed by atoms with E-state index in [2.05, 4.69) is 32.1 Å². The Bertz CT molecular complexity index is 2300. The molecule has 1 N–H and O–H groups in total. The summed E-state index contributed by atoms with van der Waals surface area (Å²) in [4.78, 5) is 28.6. The van der Waals surface area contributed by atoms with E-state index in [0.717, 1.165) is 50.4 Å². The van der Waals surface area contributed by atoms with Gasteiger partial charge in [-0.15, -0.1) is 0 Å². The molecule has 0 aliphatic rings. The molecule has 231 valence electrons. The molecule has 0 fully saturated rings. The van der Waals surface area contributed by atoms with E-state index in [9.17, 15) is 9.90 Å². The maximum absolute atomic E-state index is 11.5. The molecular weight excluding hydrogens is 610 g/mol. The Morgan fingerprint density at radius 2 is 1.19 bits per heavy atom. The van der Waals surface area contributed by atoms with Crippen LogP contribution in [-0.2, 0) is 0 Å². The van der Waals surface area contributed by atoms with Crippen molar-refractivity contribution in [2.75, 3.05) is 0 Å². The second-order valence-corrected chi connectivity index (χ2v) is 10.9. The van der Waals surface area contributed by atoms with Crippen LogP contribution >= 0.6 is 0 Å². The molecular formula is C36H31BN8NaO2. The van der Waals surface area contributed by atoms with Crippen molar-refractivity contribution in [3.05, 3.63) is 146 Å². The molecule has 1 atom stereocenters. The molecule has 8 aromatic rings. The smallest absolute Gasteiger partial charge is 1.00 e. The summed E-state index contributed by atoms with van der Waals surface area (Å²) in [5.74, 6) is 0.0450. The van der Waals surface area contributed by atoms with E-state index in [1.165, 1.54) is 0 Å². The van der Waals surface area contributed by atoms with Crippen molar-refractivity contribution in [2.45, 2.75) is 20.0 Å². The van der Waals surface area contributed by atoms with Gasteiger partial charge in [-0.25, -0.2) is 19.9 Å². The van der Waals surface area contributed by atoms with Gasteiger partial charge < -0.3 is 15.7 Å². The topological polar surface area (TPSA) is 109 Å². The zero-order chi connectivity index (χ0) is 31.6. The number of carbonyl (C=O) groups excluding carboxylic acids is 1. The number of aliphatic hydroxyl groups is 1. The molecule has 0 aliphatic heterocycles. The van der Waals surface area contributed by atoms with Crippen LogP contribution in [0.3, 0.4) is 0 Å². The Kier molecular flexibility index (Phi) is 10.6. The third-order valence-electron chi connectivity index (χ3n) is 7.83. The molecule has 3 radical (unpaired) electrons. The number of carbonyl (C=O) groups is 1. The van der Waals surface area contributed by atoms with Crippen molar-refractivity contribution in [1.82, 2.24) is 38.2 Å². The van der Waals surface area contributed by atoms with Crippen molar-refractivity contribution in [2.24, 2.45) is 0 Å². The van der Waals surface area contributed by atoms with Gasteiger partial charge in [0.1, 0.15) is 12.7 Å². The third-order valence-corrected chi connectivity index (χ3v) is 7.83. The van der Waals surface area contributed by atoms with E-state index >= 15 is 0 Å². The van der Waals surface area contributed by atoms with Gasteiger partial charge in [-0.1, -0.05) is 18.2 Å². The predicted octanol–water partition coefficient (Wildman–Crippen LogP) is 3.41. The number of aliphatic hydroxyl groups excluding tert-OH is 1. The molecule has 1 unspecified atom stereocenters. The Morgan fingerprint density at radius 1 is 0.688 bits per heavy atom. The summed E-state index contributed by atoms with van der Waals surface area (Å²) < 4.78 is 7.98. The van der Waals surface area contributed by atoms with Crippen LogP contribution in [-0.4, -0.2) is 57.5 Å². The first-order valence-corrected chi connectivity index (χ1v) is 14.8. The summed E-state index contributed by atoms with van der Waals surface area (Å²) in [5, 5.41) is 9.71. The Hall–Kier alpha value is -5.07. The molecule has 4 heterocycles. The van der Waals surface area contributed by atoms with Gasteiger partial charge in [0.25, 0.3) is 0 Å². The first kappa shape index (κ1) is 34.3. The van der Waals surface area contributed by atoms with Gasteiger partial charge in [0.15, 0.2) is 5.78 Å². The molecule has 0 saturated carbocycles. The van der Waals surface area contributed by atoms with Gasteiger partial charge in [0.2, 0.25) is 0 Å². The molecule has 10 nitrogen and oxygen atoms in total. The van der Waals surface area contributed by atoms with Crippen LogP contribution in [0.4, 0.5) is 0 Å². The van der Waals surface area contributed by atoms with E-state index in [4.69, 9.17) is 0 Å². The number of imidazole rings is 4. The van der Waals surface area contributed by atoms with Crippen LogP contribution in [0.25, 0.3) is 44.8 Å². The standard InChI is InChI=1S/C18H16N4O.C18H14N4O.B.Na.H/c2*1-13(23)14-5-6-18-17(9-14)20-12-22(18)16-4-2-3-15(10-16)21-8-7-19-11-21;;;/h2-13,23H,1H3;2-12H,1H3;;;/q;;;+1;-1. The normalized spacial score (nSPS) is 11.3. The number of hydrogen-bond acceptors (Lipinski definition) is 6. The summed E-state index contributed by atoms with van der Waals surface area (Å²) in [5.41, 5.74) is 9.32. The van der Waals surface area contributed by atoms with E-state index in [-0.39, 0.29) is 45.2 Å². The average molecular weight is 642 g/mol. The van der Waals surface area contributed by atoms with Gasteiger partial charge in [-0.05, 0) is 86.1 Å². The van der Waals surface area contributed by atoms with Crippen LogP contribution in [0, 0.1) is 0 Å². The maximum atomic E-state index is 11.5. The van der Waals surface area contributed by atoms with Gasteiger partial charge in [0.05, 0.1) is 40.8 Å². The number of aromatic nitrogens is 8. The zero-order valence-electron chi connectivity index (χ0n) is 27.8. The van der Waals surface area contributed by atoms with Crippen LogP contribution in [0.2, 0.25) is 0 Å². The molecule has 4 aromatic heterocycles. The minimum Gasteiger partial charge on any atom is -1.00 e. The summed E-state index contributed by atoms with van der Waals surface area (Å²) in [6, 6.07) is 27.8. The number of Topliss-reactive ketones (excluding diaryl/α,β-unsaturated/α-hetero) is 1. The first-order valence-electron chi connectivity index (χ1n) is 14.8. The van der Waals surface area contributed by atoms with Gasteiger partial charge in [-0.2, -0.15) is 0 Å². The number of fused-ring (bicyclic) bond motifs is 2. The second-order valence-electron chi connectivity index (χ2n) is 10.9. The number of hydrogen-bond donors (Lipinski definition) is 1. The molecule has 8 rings (SSSR count). The fraction of sp³-hybridized carbons (Fsp3) is 0.0833. The minimum absolute atomic E-state index is 0. The fourth-order valence-corrected chi connectivity index (χ4v) is 5.36. The molecule has 0 spiro atoms. The second kappa shape index (κ2) is 14.8. The maximum Gasteiger partial charge on any atom is 1.00 e. The van der Waals surface area contributed by atoms with Crippen molar-refractivity contribution in [3.8, 4) is 22.7 Å². The van der Waals surface area contributed by atoms with Crippen LogP contribution < -0.4 is 29.6 Å². The molecule has 0 bridgehead atoms. The monoisotopic (exact) mass is 641 g/mol. The summed E-state index contributed by atoms with van der Waals surface area (Å²) in [6.45, 7) is 3.32. The molecule has 48 heavy (non-hydrogen) atoms. The third kappa shape index (κ3) is 6.95. The Labute approximate surface area is 302 Å². The van der Waals surface area contributed by atoms with Crippen LogP contribution in [0.1, 0.15) is 37.3 Å². The average Bonchev–Trinajstić information content (AvgIpc) is 3.91. The summed E-state index contributed by atoms with van der Waals surface area (Å²) in [6.07, 6.45) is 14.0. The van der Waals surface area contributed by atoms with Crippen molar-refractivity contribution in [3.63, 3.8) is 0 Å². The van der Waals surface area contributed by atoms with Crippen LogP contribution in [0.15, 0.2) is 135 Å². The summed E-state index contributed by atoms with van der Waals surface area (Å²) >= 11 is 0. The van der Waals surface area contributed by atoms with Gasteiger partial charge >= 0.3 is 29.6 Å². The number of nitrogens with zero attached hydrogens (tertiary/aromatic N) is 8. The predicted molar refractivity (Wildman–Crippen MR) is 184 cm³/mol. The Balaban J connectivity index is 0.000000208. The van der Waals surface area contributed by atoms with E-state index in [0.29, 0.717) is 5.56 Å². The van der Waals surface area contributed by atoms with Gasteiger partial charge in [-0.3, -0.25) is 13.9 Å². The number of benzene rings is 4. The van der Waals surface area contributed by atoms with E-state index in [1.54, 1.807) is 45.2 Å². The molecule has 0 saturated heterocycles. The Morgan fingerprint density at radius 3 is 1.67 bits per heavy atom. The van der Waals surface area contributed by atoms with Crippen LogP contribution in [0.5, 0.6) is 0 Å². The minimum atomic E-state index is -0.492. The molecule has 0 aliphatic carbocycles. The van der Waals surface area contributed by atoms with Crippen molar-refractivity contribution in [1.29, 1.82) is 0 Å².